The van der Waals surface area contributed by atoms with Crippen LogP contribution in [0.4, 0.5) is 16.2 Å². The molecule has 20 heteroatoms. The summed E-state index contributed by atoms with van der Waals surface area (Å²) in [7, 11) is 0. The number of rotatable bonds is 22. The number of anilines is 2. The number of fused-ring (bicyclic) bond motifs is 4. The van der Waals surface area contributed by atoms with E-state index in [0.717, 1.165) is 37.0 Å². The number of aryl methyl sites for hydroxylation is 1. The molecule has 7 amide bonds. The van der Waals surface area contributed by atoms with Gasteiger partial charge in [-0.3, -0.25) is 33.7 Å². The highest BCUT2D eigenvalue weighted by Crippen LogP contribution is 2.45. The molecule has 0 bridgehead atoms. The smallest absolute Gasteiger partial charge is 0.409 e. The minimum absolute atomic E-state index is 0.0256. The highest BCUT2D eigenvalue weighted by Gasteiger charge is 2.32. The van der Waals surface area contributed by atoms with Crippen molar-refractivity contribution in [3.8, 4) is 5.75 Å². The Morgan fingerprint density at radius 3 is 2.19 bits per heavy atom. The van der Waals surface area contributed by atoms with E-state index in [4.69, 9.17) is 23.7 Å². The average molecular weight is 902 g/mol. The molecule has 0 atom stereocenters. The lowest BCUT2D eigenvalue weighted by Gasteiger charge is -2.34. The molecule has 3 N–H and O–H groups in total. The van der Waals surface area contributed by atoms with Gasteiger partial charge in [-0.15, -0.1) is 11.3 Å². The number of ether oxygens (including phenoxy) is 5. The number of benzene rings is 2. The number of amides is 7. The lowest BCUT2D eigenvalue weighted by Crippen LogP contribution is -2.51. The minimum atomic E-state index is -0.518. The molecule has 340 valence electrons. The Morgan fingerprint density at radius 2 is 1.48 bits per heavy atom. The standard InChI is InChI=1S/C44H51N7O12S/c1-29-27-64-42-36(26-35-32(41(29)42)6-10-50(35)43(57)34-25-30-24-31(46-28-52)2-3-33(30)47-34)63-44(58)49-14-12-48(13-15-49)38(54)8-16-59-18-20-61-22-23-62-21-19-60-17-9-45-37(53)7-11-51-39(55)4-5-40(51)56/h2-5,24-28,47H,6-23H2,1H3,(H,45,53)(H,46,52). The van der Waals surface area contributed by atoms with E-state index in [-0.39, 0.29) is 43.7 Å². The number of hydrogen-bond donors (Lipinski definition) is 3. The van der Waals surface area contributed by atoms with Gasteiger partial charge in [-0.05, 0) is 54.1 Å². The summed E-state index contributed by atoms with van der Waals surface area (Å²) >= 11 is 1.50. The normalized spacial score (nSPS) is 14.8. The molecule has 19 nitrogen and oxygen atoms in total. The van der Waals surface area contributed by atoms with Crippen molar-refractivity contribution in [3.05, 3.63) is 64.7 Å². The maximum atomic E-state index is 13.9. The van der Waals surface area contributed by atoms with Gasteiger partial charge in [0, 0.05) is 92.4 Å². The molecule has 0 radical (unpaired) electrons. The zero-order valence-electron chi connectivity index (χ0n) is 35.5. The average Bonchev–Trinajstić information content (AvgIpc) is 4.09. The van der Waals surface area contributed by atoms with Gasteiger partial charge in [-0.1, -0.05) is 0 Å². The molecule has 0 spiro atoms. The number of piperazine rings is 1. The number of hydrogen-bond acceptors (Lipinski definition) is 13. The third-order valence-electron chi connectivity index (χ3n) is 11.0. The fourth-order valence-electron chi connectivity index (χ4n) is 7.67. The fraction of sp³-hybridized carbons (Fsp3) is 0.432. The quantitative estimate of drug-likeness (QED) is 0.0590. The van der Waals surface area contributed by atoms with E-state index in [1.54, 1.807) is 39.0 Å². The number of thiophene rings is 1. The number of H-pyrrole nitrogens is 1. The lowest BCUT2D eigenvalue weighted by atomic mass is 10.0. The van der Waals surface area contributed by atoms with Crippen molar-refractivity contribution in [2.45, 2.75) is 26.2 Å². The predicted molar refractivity (Wildman–Crippen MR) is 235 cm³/mol. The van der Waals surface area contributed by atoms with Gasteiger partial charge in [0.2, 0.25) is 18.2 Å². The Kier molecular flexibility index (Phi) is 15.7. The van der Waals surface area contributed by atoms with Crippen LogP contribution in [0.3, 0.4) is 0 Å². The zero-order valence-corrected chi connectivity index (χ0v) is 36.3. The van der Waals surface area contributed by atoms with Crippen LogP contribution in [0.2, 0.25) is 0 Å². The molecule has 4 aromatic rings. The number of nitrogens with one attached hydrogen (secondary N) is 3. The first-order valence-electron chi connectivity index (χ1n) is 21.2. The van der Waals surface area contributed by atoms with Crippen LogP contribution in [0.1, 0.15) is 34.5 Å². The van der Waals surface area contributed by atoms with Crippen molar-refractivity contribution in [2.24, 2.45) is 0 Å². The van der Waals surface area contributed by atoms with Gasteiger partial charge in [0.25, 0.3) is 17.7 Å². The first-order chi connectivity index (χ1) is 31.1. The number of imide groups is 1. The number of carbonyl (C=O) groups excluding carboxylic acids is 7. The molecule has 3 aliphatic rings. The molecular formula is C44H51N7O12S. The van der Waals surface area contributed by atoms with Gasteiger partial charge in [0.05, 0.1) is 69.7 Å². The van der Waals surface area contributed by atoms with Gasteiger partial charge in [-0.25, -0.2) is 4.79 Å². The van der Waals surface area contributed by atoms with Gasteiger partial charge in [0.1, 0.15) is 5.69 Å². The Hall–Kier alpha value is -6.19. The van der Waals surface area contributed by atoms with Crippen molar-refractivity contribution >= 4 is 85.7 Å². The first kappa shape index (κ1) is 45.8. The zero-order chi connectivity index (χ0) is 45.0. The predicted octanol–water partition coefficient (Wildman–Crippen LogP) is 2.99. The molecule has 2 aromatic heterocycles. The van der Waals surface area contributed by atoms with Crippen molar-refractivity contribution in [1.82, 2.24) is 25.0 Å². The van der Waals surface area contributed by atoms with Crippen molar-refractivity contribution in [2.75, 3.05) is 109 Å². The molecule has 0 unspecified atom stereocenters. The second-order valence-electron chi connectivity index (χ2n) is 15.1. The summed E-state index contributed by atoms with van der Waals surface area (Å²) in [5.41, 5.74) is 4.57. The van der Waals surface area contributed by atoms with Crippen LogP contribution in [0, 0.1) is 6.92 Å². The van der Waals surface area contributed by atoms with Crippen molar-refractivity contribution in [1.29, 1.82) is 0 Å². The second-order valence-corrected chi connectivity index (χ2v) is 16.0. The second kappa shape index (κ2) is 21.9. The summed E-state index contributed by atoms with van der Waals surface area (Å²) in [4.78, 5) is 95.4. The third-order valence-corrected chi connectivity index (χ3v) is 12.1. The molecular weight excluding hydrogens is 851 g/mol. The van der Waals surface area contributed by atoms with Crippen LogP contribution in [0.5, 0.6) is 5.75 Å². The molecule has 64 heavy (non-hydrogen) atoms. The van der Waals surface area contributed by atoms with E-state index in [1.165, 1.54) is 23.5 Å². The molecule has 1 fully saturated rings. The molecule has 1 saturated heterocycles. The summed E-state index contributed by atoms with van der Waals surface area (Å²) in [5, 5.41) is 9.11. The number of aromatic amines is 1. The van der Waals surface area contributed by atoms with E-state index in [9.17, 15) is 33.6 Å². The topological polar surface area (TPSA) is 218 Å². The summed E-state index contributed by atoms with van der Waals surface area (Å²) in [6.07, 6.45) is 3.34. The Labute approximate surface area is 372 Å². The van der Waals surface area contributed by atoms with Crippen LogP contribution in [-0.4, -0.2) is 160 Å². The first-order valence-corrected chi connectivity index (χ1v) is 22.0. The highest BCUT2D eigenvalue weighted by atomic mass is 32.1. The Balaban J connectivity index is 0.751. The number of aromatic nitrogens is 1. The molecule has 2 aromatic carbocycles. The Bertz CT molecular complexity index is 2390. The summed E-state index contributed by atoms with van der Waals surface area (Å²) < 4.78 is 28.9. The van der Waals surface area contributed by atoms with E-state index >= 15 is 0 Å². The van der Waals surface area contributed by atoms with E-state index < -0.39 is 17.9 Å². The van der Waals surface area contributed by atoms with Crippen molar-refractivity contribution < 1.29 is 57.2 Å². The number of nitrogens with zero attached hydrogens (tertiary/aromatic N) is 4. The SMILES string of the molecule is Cc1csc2c(OC(=O)N3CCN(C(=O)CCOCCOCCOCCOCCNC(=O)CCN4C(=O)C=CC4=O)CC3)cc3c(c12)CCN3C(=O)c1cc2cc(NC=O)ccc2[nH]1. The van der Waals surface area contributed by atoms with Crippen LogP contribution in [0.15, 0.2) is 47.9 Å². The molecule has 3 aliphatic heterocycles. The molecule has 0 saturated carbocycles. The molecule has 7 rings (SSSR count). The van der Waals surface area contributed by atoms with Crippen LogP contribution in [-0.2, 0) is 49.3 Å². The number of carbonyl (C=O) groups is 7. The summed E-state index contributed by atoms with van der Waals surface area (Å²) in [5.74, 6) is -1.000. The fourth-order valence-corrected chi connectivity index (χ4v) is 8.70. The molecule has 0 aliphatic carbocycles. The summed E-state index contributed by atoms with van der Waals surface area (Å²) in [6, 6.07) is 8.91. The minimum Gasteiger partial charge on any atom is -0.409 e. The van der Waals surface area contributed by atoms with Crippen LogP contribution in [0.25, 0.3) is 21.0 Å². The van der Waals surface area contributed by atoms with Gasteiger partial charge < -0.3 is 54.0 Å². The van der Waals surface area contributed by atoms with Gasteiger partial charge in [0.15, 0.2) is 5.75 Å². The Morgan fingerprint density at radius 1 is 0.812 bits per heavy atom. The third kappa shape index (κ3) is 11.3. The van der Waals surface area contributed by atoms with E-state index in [2.05, 4.69) is 15.6 Å². The van der Waals surface area contributed by atoms with E-state index in [0.29, 0.717) is 121 Å². The largest absolute Gasteiger partial charge is 0.415 e. The lowest BCUT2D eigenvalue weighted by molar-refractivity contribution is -0.137. The maximum Gasteiger partial charge on any atom is 0.415 e. The highest BCUT2D eigenvalue weighted by molar-refractivity contribution is 7.17. The monoisotopic (exact) mass is 901 g/mol. The maximum absolute atomic E-state index is 13.9. The van der Waals surface area contributed by atoms with Gasteiger partial charge in [-0.2, -0.15) is 0 Å². The van der Waals surface area contributed by atoms with Crippen LogP contribution < -0.4 is 20.3 Å². The van der Waals surface area contributed by atoms with Crippen LogP contribution >= 0.6 is 11.3 Å². The van der Waals surface area contributed by atoms with Gasteiger partial charge >= 0.3 is 6.09 Å². The molecule has 5 heterocycles. The van der Waals surface area contributed by atoms with Crippen molar-refractivity contribution in [3.63, 3.8) is 0 Å². The van der Waals surface area contributed by atoms with E-state index in [1.807, 2.05) is 18.4 Å². The summed E-state index contributed by atoms with van der Waals surface area (Å²) in [6.45, 7) is 6.77.